The normalized spacial score (nSPS) is 31.4. The van der Waals surface area contributed by atoms with Gasteiger partial charge in [-0.2, -0.15) is 0 Å². The molecule has 5 atom stereocenters. The molecule has 2 aromatic rings. The number of rotatable bonds is 7. The molecule has 3 aliphatic heterocycles. The summed E-state index contributed by atoms with van der Waals surface area (Å²) in [7, 11) is 0. The molecule has 3 heterocycles. The molecule has 39 heavy (non-hydrogen) atoms. The molecule has 2 aromatic carbocycles. The molecule has 8 heteroatoms. The lowest BCUT2D eigenvalue weighted by atomic mass is 9.70. The van der Waals surface area contributed by atoms with Crippen LogP contribution < -0.4 is 10.6 Å². The third-order valence-electron chi connectivity index (χ3n) is 8.85. The lowest BCUT2D eigenvalue weighted by molar-refractivity contribution is -0.145. The van der Waals surface area contributed by atoms with Gasteiger partial charge in [0, 0.05) is 24.2 Å². The molecule has 0 aromatic heterocycles. The van der Waals surface area contributed by atoms with E-state index in [9.17, 15) is 14.4 Å². The third kappa shape index (κ3) is 4.55. The molecule has 7 nitrogen and oxygen atoms in total. The Hall–Kier alpha value is -3.16. The zero-order valence-electron chi connectivity index (χ0n) is 22.1. The predicted octanol–water partition coefficient (Wildman–Crippen LogP) is 4.15. The van der Waals surface area contributed by atoms with Gasteiger partial charge in [-0.25, -0.2) is 0 Å². The molecular formula is C31H34ClN3O4. The van der Waals surface area contributed by atoms with E-state index in [-0.39, 0.29) is 30.3 Å². The molecule has 1 saturated carbocycles. The summed E-state index contributed by atoms with van der Waals surface area (Å²) in [5.74, 6) is -2.19. The van der Waals surface area contributed by atoms with Crippen molar-refractivity contribution in [1.82, 2.24) is 15.5 Å². The molecule has 3 amide bonds. The SMILES string of the molecule is C[C@]12C=C[C@]3(O1)[C@H](C(=O)N(Cc1ccc(Cl)cc1)[C@@H]3C(=O)NCc1ccccc1)[C@@H]2C(=O)NC1CCCCC1. The Morgan fingerprint density at radius 1 is 0.974 bits per heavy atom. The van der Waals surface area contributed by atoms with Crippen LogP contribution in [0, 0.1) is 11.8 Å². The van der Waals surface area contributed by atoms with Gasteiger partial charge in [0.05, 0.1) is 17.4 Å². The maximum Gasteiger partial charge on any atom is 0.246 e. The van der Waals surface area contributed by atoms with Crippen LogP contribution in [0.1, 0.15) is 50.2 Å². The molecule has 2 N–H and O–H groups in total. The number of halogens is 1. The second kappa shape index (κ2) is 10.1. The number of carbonyl (C=O) groups excluding carboxylic acids is 3. The van der Waals surface area contributed by atoms with Gasteiger partial charge in [-0.1, -0.05) is 85.5 Å². The smallest absolute Gasteiger partial charge is 0.246 e. The van der Waals surface area contributed by atoms with Crippen LogP contribution in [-0.2, 0) is 32.2 Å². The number of hydrogen-bond donors (Lipinski definition) is 2. The van der Waals surface area contributed by atoms with Crippen molar-refractivity contribution in [2.45, 2.75) is 75.4 Å². The molecule has 6 rings (SSSR count). The lowest BCUT2D eigenvalue weighted by Crippen LogP contribution is -2.54. The summed E-state index contributed by atoms with van der Waals surface area (Å²) in [6, 6.07) is 16.1. The number of carbonyl (C=O) groups is 3. The molecule has 204 valence electrons. The van der Waals surface area contributed by atoms with Crippen LogP contribution in [0.3, 0.4) is 0 Å². The summed E-state index contributed by atoms with van der Waals surface area (Å²) < 4.78 is 6.62. The number of nitrogens with one attached hydrogen (secondary N) is 2. The second-order valence-corrected chi connectivity index (χ2v) is 11.9. The van der Waals surface area contributed by atoms with Crippen molar-refractivity contribution in [3.63, 3.8) is 0 Å². The molecule has 2 saturated heterocycles. The Morgan fingerprint density at radius 3 is 2.41 bits per heavy atom. The minimum Gasteiger partial charge on any atom is -0.356 e. The van der Waals surface area contributed by atoms with Crippen LogP contribution in [0.4, 0.5) is 0 Å². The summed E-state index contributed by atoms with van der Waals surface area (Å²) in [6.45, 7) is 2.40. The van der Waals surface area contributed by atoms with Crippen LogP contribution >= 0.6 is 11.6 Å². The van der Waals surface area contributed by atoms with Crippen LogP contribution in [-0.4, -0.2) is 45.9 Å². The number of hydrogen-bond acceptors (Lipinski definition) is 4. The van der Waals surface area contributed by atoms with Gasteiger partial charge in [-0.05, 0) is 43.0 Å². The van der Waals surface area contributed by atoms with Gasteiger partial charge in [0.15, 0.2) is 0 Å². The van der Waals surface area contributed by atoms with Gasteiger partial charge in [0.25, 0.3) is 0 Å². The Bertz CT molecular complexity index is 1290. The molecule has 0 unspecified atom stereocenters. The van der Waals surface area contributed by atoms with Gasteiger partial charge in [0.1, 0.15) is 11.6 Å². The van der Waals surface area contributed by atoms with Crippen molar-refractivity contribution >= 4 is 29.3 Å². The standard InChI is InChI=1S/C31H34ClN3O4/c1-30-16-17-31(39-30)25(24(30)27(36)34-23-10-6-3-7-11-23)29(38)35(19-21-12-14-22(32)15-13-21)26(31)28(37)33-18-20-8-4-2-5-9-20/h2,4-5,8-9,12-17,23-26H,3,6-7,10-11,18-19H2,1H3,(H,33,37)(H,34,36)/t24-,25+,26-,30-,31+/m1/s1. The van der Waals surface area contributed by atoms with E-state index in [1.807, 2.05) is 61.5 Å². The monoisotopic (exact) mass is 547 g/mol. The minimum absolute atomic E-state index is 0.112. The van der Waals surface area contributed by atoms with E-state index in [1.54, 1.807) is 17.0 Å². The third-order valence-corrected chi connectivity index (χ3v) is 9.11. The number of fused-ring (bicyclic) bond motifs is 1. The topological polar surface area (TPSA) is 87.7 Å². The van der Waals surface area contributed by atoms with Gasteiger partial charge in [0.2, 0.25) is 17.7 Å². The van der Waals surface area contributed by atoms with Crippen molar-refractivity contribution in [2.75, 3.05) is 0 Å². The van der Waals surface area contributed by atoms with Crippen LogP contribution in [0.2, 0.25) is 5.02 Å². The van der Waals surface area contributed by atoms with E-state index < -0.39 is 29.1 Å². The first-order valence-corrected chi connectivity index (χ1v) is 14.3. The number of likely N-dealkylation sites (tertiary alicyclic amines) is 1. The lowest BCUT2D eigenvalue weighted by Gasteiger charge is -2.33. The summed E-state index contributed by atoms with van der Waals surface area (Å²) in [6.07, 6.45) is 9.00. The number of nitrogens with zero attached hydrogens (tertiary/aromatic N) is 1. The van der Waals surface area contributed by atoms with E-state index in [0.29, 0.717) is 11.6 Å². The van der Waals surface area contributed by atoms with Crippen molar-refractivity contribution in [1.29, 1.82) is 0 Å². The Labute approximate surface area is 233 Å². The molecule has 4 aliphatic rings. The Balaban J connectivity index is 1.32. The summed E-state index contributed by atoms with van der Waals surface area (Å²) >= 11 is 6.09. The molecular weight excluding hydrogens is 514 g/mol. The first-order valence-electron chi connectivity index (χ1n) is 13.9. The van der Waals surface area contributed by atoms with Crippen molar-refractivity contribution < 1.29 is 19.1 Å². The highest BCUT2D eigenvalue weighted by Crippen LogP contribution is 2.59. The van der Waals surface area contributed by atoms with Crippen molar-refractivity contribution in [3.8, 4) is 0 Å². The largest absolute Gasteiger partial charge is 0.356 e. The van der Waals surface area contributed by atoms with E-state index in [4.69, 9.17) is 16.3 Å². The van der Waals surface area contributed by atoms with Crippen LogP contribution in [0.15, 0.2) is 66.7 Å². The van der Waals surface area contributed by atoms with Crippen molar-refractivity contribution in [3.05, 3.63) is 82.9 Å². The Kier molecular flexibility index (Phi) is 6.76. The summed E-state index contributed by atoms with van der Waals surface area (Å²) in [5.41, 5.74) is -0.368. The predicted molar refractivity (Wildman–Crippen MR) is 147 cm³/mol. The fourth-order valence-corrected chi connectivity index (χ4v) is 7.13. The molecule has 1 aliphatic carbocycles. The van der Waals surface area contributed by atoms with Crippen LogP contribution in [0.25, 0.3) is 0 Å². The highest BCUT2D eigenvalue weighted by Gasteiger charge is 2.76. The van der Waals surface area contributed by atoms with Gasteiger partial charge in [-0.15, -0.1) is 0 Å². The highest BCUT2D eigenvalue weighted by atomic mass is 35.5. The van der Waals surface area contributed by atoms with E-state index in [2.05, 4.69) is 10.6 Å². The molecule has 3 fully saturated rings. The van der Waals surface area contributed by atoms with Gasteiger partial charge >= 0.3 is 0 Å². The van der Waals surface area contributed by atoms with Crippen molar-refractivity contribution in [2.24, 2.45) is 11.8 Å². The van der Waals surface area contributed by atoms with E-state index >= 15 is 0 Å². The molecule has 0 radical (unpaired) electrons. The summed E-state index contributed by atoms with van der Waals surface area (Å²) in [5, 5.41) is 6.85. The van der Waals surface area contributed by atoms with Crippen LogP contribution in [0.5, 0.6) is 0 Å². The highest BCUT2D eigenvalue weighted by molar-refractivity contribution is 6.30. The zero-order chi connectivity index (χ0) is 27.2. The number of amides is 3. The minimum atomic E-state index is -1.21. The Morgan fingerprint density at radius 2 is 1.69 bits per heavy atom. The summed E-state index contributed by atoms with van der Waals surface area (Å²) in [4.78, 5) is 43.5. The average molecular weight is 548 g/mol. The van der Waals surface area contributed by atoms with E-state index in [1.165, 1.54) is 6.42 Å². The van der Waals surface area contributed by atoms with Gasteiger partial charge < -0.3 is 20.3 Å². The fourth-order valence-electron chi connectivity index (χ4n) is 7.01. The maximum absolute atomic E-state index is 14.2. The van der Waals surface area contributed by atoms with E-state index in [0.717, 1.165) is 36.8 Å². The first kappa shape index (κ1) is 26.1. The van der Waals surface area contributed by atoms with Gasteiger partial charge in [-0.3, -0.25) is 14.4 Å². The second-order valence-electron chi connectivity index (χ2n) is 11.5. The molecule has 1 spiro atoms. The zero-order valence-corrected chi connectivity index (χ0v) is 22.8. The maximum atomic E-state index is 14.2. The molecule has 2 bridgehead atoms. The number of ether oxygens (including phenoxy) is 1. The average Bonchev–Trinajstić information content (AvgIpc) is 3.50. The number of benzene rings is 2. The quantitative estimate of drug-likeness (QED) is 0.510. The first-order chi connectivity index (χ1) is 18.8. The fraction of sp³-hybridized carbons (Fsp3) is 0.452.